The second kappa shape index (κ2) is 15.1. The first-order valence-electron chi connectivity index (χ1n) is 25.0. The molecule has 10 aromatic rings. The highest BCUT2D eigenvalue weighted by molar-refractivity contribution is 6.09. The van der Waals surface area contributed by atoms with Crippen molar-refractivity contribution in [3.05, 3.63) is 224 Å². The predicted octanol–water partition coefficient (Wildman–Crippen LogP) is 12.7. The van der Waals surface area contributed by atoms with Crippen LogP contribution in [-0.2, 0) is 11.8 Å². The summed E-state index contributed by atoms with van der Waals surface area (Å²) in [5.41, 5.74) is 2.92. The van der Waals surface area contributed by atoms with Crippen LogP contribution in [-0.4, -0.2) is 14.1 Å². The molecule has 5 nitrogen and oxygen atoms in total. The van der Waals surface area contributed by atoms with Crippen LogP contribution < -0.4 is 9.30 Å². The van der Waals surface area contributed by atoms with Crippen molar-refractivity contribution in [1.29, 1.82) is 0 Å². The molecule has 284 valence electrons. The van der Waals surface area contributed by atoms with Gasteiger partial charge in [-0.3, -0.25) is 13.7 Å². The number of hydrogen-bond acceptors (Lipinski definition) is 2. The Morgan fingerprint density at radius 2 is 1.36 bits per heavy atom. The second-order valence-electron chi connectivity index (χ2n) is 14.5. The first-order chi connectivity index (χ1) is 33.9. The summed E-state index contributed by atoms with van der Waals surface area (Å²) in [6.07, 6.45) is 6.41. The van der Waals surface area contributed by atoms with Gasteiger partial charge in [0.2, 0.25) is 0 Å². The minimum Gasteiger partial charge on any atom is -0.458 e. The predicted molar refractivity (Wildman–Crippen MR) is 239 cm³/mol. The smallest absolute Gasteiger partial charge is 0.268 e. The maximum absolute atomic E-state index is 9.44. The number of pyridine rings is 1. The number of imidazole rings is 1. The minimum absolute atomic E-state index is 0.142. The number of para-hydroxylation sites is 2. The van der Waals surface area contributed by atoms with E-state index in [2.05, 4.69) is 6.33 Å². The Labute approximate surface area is 361 Å². The van der Waals surface area contributed by atoms with Gasteiger partial charge in [0.15, 0.2) is 0 Å². The van der Waals surface area contributed by atoms with Crippen LogP contribution in [0.15, 0.2) is 206 Å². The normalized spacial score (nSPS) is 14.7. The number of ether oxygens (including phenoxy) is 1. The summed E-state index contributed by atoms with van der Waals surface area (Å²) in [4.78, 5) is 4.78. The Balaban J connectivity index is 1.05. The van der Waals surface area contributed by atoms with Gasteiger partial charge in [0, 0.05) is 38.2 Å². The first kappa shape index (κ1) is 25.0. The standard InChI is InChI=1S/C54H42N4O/c1-54(2,42-20-10-5-11-21-42)37-39-30-31-55-52(34-39)58-50-27-13-12-24-48(50)49-29-28-45(36-51(49)58)59-44-23-14-22-43(35-44)56-32-33-57(38-56)53-46(40-16-6-3-7-17-40)25-15-26-47(53)41-18-8-4-9-19-41/h3-36H,37H2,1-2H3/i3D,4D,6D,7D,8D,9D,16D,17D,18D,19D,37D2. The van der Waals surface area contributed by atoms with Gasteiger partial charge in [-0.15, -0.1) is 0 Å². The lowest BCUT2D eigenvalue weighted by molar-refractivity contribution is -0.598. The van der Waals surface area contributed by atoms with Crippen LogP contribution in [0.5, 0.6) is 11.5 Å². The Morgan fingerprint density at radius 3 is 2.12 bits per heavy atom. The number of aromatic nitrogens is 4. The zero-order chi connectivity index (χ0) is 50.3. The number of benzene rings is 7. The van der Waals surface area contributed by atoms with Gasteiger partial charge in [-0.05, 0) is 93.7 Å². The SMILES string of the molecule is [2H]c1c([2H])c([2H])c(-c2cccc(-c3c([2H])c([2H])c([2H])c([2H])c3[2H])c2-[n+]2[c-]n(-c3cccc(Oc4ccc5c6ccccc6n(-c6cc(C([2H])([2H])C(C)(C)c7ccccc7)ccn6)c5c4)c3)cc2)c([2H])c1[2H]. The topological polar surface area (TPSA) is 35.9 Å². The Bertz CT molecular complexity index is 3630. The van der Waals surface area contributed by atoms with E-state index in [-0.39, 0.29) is 27.9 Å². The van der Waals surface area contributed by atoms with Gasteiger partial charge in [0.1, 0.15) is 17.3 Å². The molecule has 0 N–H and O–H groups in total. The molecule has 0 unspecified atom stereocenters. The molecule has 0 aliphatic carbocycles. The molecule has 0 atom stereocenters. The lowest BCUT2D eigenvalue weighted by Crippen LogP contribution is -2.30. The number of rotatable bonds is 10. The molecule has 59 heavy (non-hydrogen) atoms. The van der Waals surface area contributed by atoms with Gasteiger partial charge in [-0.2, -0.15) is 0 Å². The number of fused-ring (bicyclic) bond motifs is 3. The van der Waals surface area contributed by atoms with E-state index >= 15 is 0 Å². The highest BCUT2D eigenvalue weighted by Gasteiger charge is 2.22. The Kier molecular flexibility index (Phi) is 6.40. The van der Waals surface area contributed by atoms with E-state index < -0.39 is 72.2 Å². The molecule has 0 aliphatic rings. The molecule has 0 fully saturated rings. The van der Waals surface area contributed by atoms with E-state index in [1.165, 1.54) is 4.57 Å². The van der Waals surface area contributed by atoms with Crippen molar-refractivity contribution in [2.24, 2.45) is 0 Å². The fourth-order valence-corrected chi connectivity index (χ4v) is 7.56. The maximum Gasteiger partial charge on any atom is 0.268 e. The fourth-order valence-electron chi connectivity index (χ4n) is 7.56. The van der Waals surface area contributed by atoms with Crippen LogP contribution in [0.3, 0.4) is 0 Å². The molecule has 0 amide bonds. The highest BCUT2D eigenvalue weighted by atomic mass is 16.5. The Hall–Kier alpha value is -7.50. The quantitative estimate of drug-likeness (QED) is 0.102. The average molecular weight is 775 g/mol. The van der Waals surface area contributed by atoms with E-state index in [0.29, 0.717) is 28.6 Å². The van der Waals surface area contributed by atoms with Crippen molar-refractivity contribution in [1.82, 2.24) is 14.1 Å². The monoisotopic (exact) mass is 774 g/mol. The molecule has 0 radical (unpaired) electrons. The summed E-state index contributed by atoms with van der Waals surface area (Å²) in [5, 5.41) is 1.93. The van der Waals surface area contributed by atoms with Crippen molar-refractivity contribution < 1.29 is 25.8 Å². The van der Waals surface area contributed by atoms with Crippen LogP contribution in [0, 0.1) is 6.33 Å². The van der Waals surface area contributed by atoms with Crippen LogP contribution in [0.1, 0.15) is 41.4 Å². The molecule has 10 rings (SSSR count). The third kappa shape index (κ3) is 6.98. The van der Waals surface area contributed by atoms with Crippen LogP contribution >= 0.6 is 0 Å². The molecule has 0 aliphatic heterocycles. The first-order valence-corrected chi connectivity index (χ1v) is 19.0. The zero-order valence-electron chi connectivity index (χ0n) is 44.1. The van der Waals surface area contributed by atoms with E-state index in [9.17, 15) is 2.74 Å². The van der Waals surface area contributed by atoms with Crippen LogP contribution in [0.4, 0.5) is 0 Å². The maximum atomic E-state index is 9.44. The van der Waals surface area contributed by atoms with E-state index in [1.54, 1.807) is 65.6 Å². The molecular formula is C54H42N4O. The Morgan fingerprint density at radius 1 is 0.678 bits per heavy atom. The van der Waals surface area contributed by atoms with Gasteiger partial charge >= 0.3 is 0 Å². The van der Waals surface area contributed by atoms with Gasteiger partial charge < -0.3 is 4.74 Å². The van der Waals surface area contributed by atoms with Crippen molar-refractivity contribution >= 4 is 21.8 Å². The lowest BCUT2D eigenvalue weighted by Gasteiger charge is -2.25. The summed E-state index contributed by atoms with van der Waals surface area (Å²) >= 11 is 0. The summed E-state index contributed by atoms with van der Waals surface area (Å²) < 4.78 is 116. The molecule has 5 heteroatoms. The summed E-state index contributed by atoms with van der Waals surface area (Å²) in [6.45, 7) is 3.82. The van der Waals surface area contributed by atoms with Gasteiger partial charge in [0.05, 0.1) is 36.1 Å². The molecule has 0 saturated heterocycles. The molecule has 0 saturated carbocycles. The molecule has 3 heterocycles. The lowest BCUT2D eigenvalue weighted by atomic mass is 9.79. The third-order valence-electron chi connectivity index (χ3n) is 10.3. The largest absolute Gasteiger partial charge is 0.458 e. The van der Waals surface area contributed by atoms with Gasteiger partial charge in [-0.25, -0.2) is 4.98 Å². The van der Waals surface area contributed by atoms with E-state index in [1.807, 2.05) is 103 Å². The number of nitrogens with zero attached hydrogens (tertiary/aromatic N) is 4. The van der Waals surface area contributed by atoms with Crippen molar-refractivity contribution in [3.63, 3.8) is 0 Å². The number of hydrogen-bond donors (Lipinski definition) is 0. The van der Waals surface area contributed by atoms with Crippen molar-refractivity contribution in [3.8, 4) is 50.9 Å². The highest BCUT2D eigenvalue weighted by Crippen LogP contribution is 2.37. The van der Waals surface area contributed by atoms with Crippen molar-refractivity contribution in [2.75, 3.05) is 0 Å². The summed E-state index contributed by atoms with van der Waals surface area (Å²) in [6, 6.07) is 33.5. The zero-order valence-corrected chi connectivity index (χ0v) is 32.1. The fraction of sp³-hybridized carbons (Fsp3) is 0.0741. The summed E-state index contributed by atoms with van der Waals surface area (Å²) in [5.74, 6) is 1.52. The summed E-state index contributed by atoms with van der Waals surface area (Å²) in [7, 11) is 0. The minimum atomic E-state index is -1.78. The molecule has 7 aromatic carbocycles. The van der Waals surface area contributed by atoms with Gasteiger partial charge in [0.25, 0.3) is 6.33 Å². The van der Waals surface area contributed by atoms with Gasteiger partial charge in [-0.1, -0.05) is 147 Å². The molecule has 0 spiro atoms. The van der Waals surface area contributed by atoms with Crippen LogP contribution in [0.2, 0.25) is 0 Å². The van der Waals surface area contributed by atoms with E-state index in [4.69, 9.17) is 23.4 Å². The van der Waals surface area contributed by atoms with Crippen LogP contribution in [0.25, 0.3) is 61.3 Å². The second-order valence-corrected chi connectivity index (χ2v) is 14.5. The molecule has 3 aromatic heterocycles. The third-order valence-corrected chi connectivity index (χ3v) is 10.3. The average Bonchev–Trinajstić information content (AvgIpc) is 4.00. The van der Waals surface area contributed by atoms with E-state index in [0.717, 1.165) is 27.4 Å². The molecule has 0 bridgehead atoms. The molecular weight excluding hydrogens is 721 g/mol. The van der Waals surface area contributed by atoms with Crippen molar-refractivity contribution in [2.45, 2.75) is 25.6 Å².